The van der Waals surface area contributed by atoms with Crippen molar-refractivity contribution < 1.29 is 31.9 Å². The lowest BCUT2D eigenvalue weighted by atomic mass is 9.96. The zero-order valence-electron chi connectivity index (χ0n) is 53.5. The van der Waals surface area contributed by atoms with Crippen LogP contribution in [0.15, 0.2) is 124 Å². The van der Waals surface area contributed by atoms with E-state index in [0.717, 1.165) is 16.2 Å². The number of aromatic nitrogens is 9. The molecule has 91 heavy (non-hydrogen) atoms. The Bertz CT molecular complexity index is 4260. The van der Waals surface area contributed by atoms with Crippen molar-refractivity contribution in [1.82, 2.24) is 48.5 Å². The molecule has 1 aliphatic heterocycles. The standard InChI is InChI=1S/C26H32F3N5O.C21H25FN4O2.C21H23FN4O2/c1-17(18-5-6-20(21(27)13-18)15-33-11-9-26(28,29)10-12-33)31-24-30-14-19-7-8-22(35)34(23(19)32-24)16-25(2,3)4;2*1-13(14-5-6-16(11-27)17(22)9-14)24-20-23-10-15-7-8-18(28)26(19(15)25-20)12-21(2,3)4/h5-8,13-14,17H,9-12,15-16H2,1-4H3,(H,30,31,32);5-10,13,27H,11-12H2,1-4H3,(H,23,24,25);5-11,13H,12H2,1-4H3,(H,23,24,25)/t17-;2*13-/m000/s1. The van der Waals surface area contributed by atoms with E-state index >= 15 is 0 Å². The van der Waals surface area contributed by atoms with Crippen molar-refractivity contribution in [3.8, 4) is 0 Å². The van der Waals surface area contributed by atoms with Crippen molar-refractivity contribution in [1.29, 1.82) is 0 Å². The molecule has 9 aromatic rings. The lowest BCUT2D eigenvalue weighted by molar-refractivity contribution is -0.0567. The molecular formula is C68H80F5N13O5. The van der Waals surface area contributed by atoms with E-state index in [9.17, 15) is 41.1 Å². The van der Waals surface area contributed by atoms with Crippen molar-refractivity contribution in [3.63, 3.8) is 0 Å². The quantitative estimate of drug-likeness (QED) is 0.0522. The molecular weight excluding hydrogens is 1170 g/mol. The highest BCUT2D eigenvalue weighted by Gasteiger charge is 2.34. The molecule has 0 bridgehead atoms. The van der Waals surface area contributed by atoms with Gasteiger partial charge >= 0.3 is 0 Å². The van der Waals surface area contributed by atoms with Gasteiger partial charge in [0.1, 0.15) is 34.4 Å². The fourth-order valence-corrected chi connectivity index (χ4v) is 10.2. The Hall–Kier alpha value is -8.83. The van der Waals surface area contributed by atoms with Crippen LogP contribution >= 0.6 is 0 Å². The van der Waals surface area contributed by atoms with Gasteiger partial charge in [-0.1, -0.05) is 92.6 Å². The van der Waals surface area contributed by atoms with E-state index in [-0.39, 0.29) is 101 Å². The fraction of sp³-hybridized carbons (Fsp3) is 0.412. The van der Waals surface area contributed by atoms with Gasteiger partial charge in [-0.25, -0.2) is 36.9 Å². The van der Waals surface area contributed by atoms with Crippen LogP contribution in [0, 0.1) is 33.7 Å². The molecule has 4 N–H and O–H groups in total. The second-order valence-electron chi connectivity index (χ2n) is 26.9. The summed E-state index contributed by atoms with van der Waals surface area (Å²) in [6.07, 6.45) is 5.10. The number of benzene rings is 3. The van der Waals surface area contributed by atoms with Crippen LogP contribution in [0.5, 0.6) is 0 Å². The summed E-state index contributed by atoms with van der Waals surface area (Å²) in [5.74, 6) is -2.96. The Balaban J connectivity index is 0.000000178. The molecule has 23 heteroatoms. The Labute approximate surface area is 525 Å². The van der Waals surface area contributed by atoms with Gasteiger partial charge in [0.05, 0.1) is 30.3 Å². The summed E-state index contributed by atoms with van der Waals surface area (Å²) in [5.41, 5.74) is 3.84. The molecule has 0 saturated carbocycles. The summed E-state index contributed by atoms with van der Waals surface area (Å²) < 4.78 is 74.4. The lowest BCUT2D eigenvalue weighted by Crippen LogP contribution is -2.39. The van der Waals surface area contributed by atoms with Crippen LogP contribution in [0.1, 0.15) is 152 Å². The van der Waals surface area contributed by atoms with Gasteiger partial charge in [-0.2, -0.15) is 15.0 Å². The number of aliphatic hydroxyl groups is 1. The van der Waals surface area contributed by atoms with Crippen molar-refractivity contribution in [3.05, 3.63) is 191 Å². The maximum Gasteiger partial charge on any atom is 0.252 e. The number of halogens is 5. The van der Waals surface area contributed by atoms with Gasteiger partial charge in [0.15, 0.2) is 6.29 Å². The summed E-state index contributed by atoms with van der Waals surface area (Å²) in [7, 11) is 0. The van der Waals surface area contributed by atoms with Crippen molar-refractivity contribution in [2.75, 3.05) is 29.0 Å². The Morgan fingerprint density at radius 1 is 0.516 bits per heavy atom. The van der Waals surface area contributed by atoms with E-state index in [4.69, 9.17) is 5.11 Å². The van der Waals surface area contributed by atoms with E-state index in [0.29, 0.717) is 89.5 Å². The number of aldehydes is 1. The molecule has 1 saturated heterocycles. The summed E-state index contributed by atoms with van der Waals surface area (Å²) in [6.45, 7) is 26.1. The molecule has 482 valence electrons. The first-order valence-corrected chi connectivity index (χ1v) is 30.2. The first-order valence-electron chi connectivity index (χ1n) is 30.2. The molecule has 6 aromatic heterocycles. The molecule has 0 spiro atoms. The molecule has 3 aromatic carbocycles. The van der Waals surface area contributed by atoms with E-state index in [1.807, 2.05) is 31.7 Å². The first-order chi connectivity index (χ1) is 42.7. The Kier molecular flexibility index (Phi) is 21.1. The number of aliphatic hydroxyl groups excluding tert-OH is 1. The first kappa shape index (κ1) is 68.1. The molecule has 0 amide bonds. The average Bonchev–Trinajstić information content (AvgIpc) is 0.938. The van der Waals surface area contributed by atoms with Crippen LogP contribution in [0.3, 0.4) is 0 Å². The number of nitrogens with one attached hydrogen (secondary N) is 3. The largest absolute Gasteiger partial charge is 0.392 e. The van der Waals surface area contributed by atoms with Crippen molar-refractivity contribution >= 4 is 57.2 Å². The molecule has 7 heterocycles. The van der Waals surface area contributed by atoms with Crippen LogP contribution in [-0.4, -0.2) is 78.9 Å². The number of carbonyl (C=O) groups is 1. The predicted octanol–water partition coefficient (Wildman–Crippen LogP) is 13.0. The molecule has 18 nitrogen and oxygen atoms in total. The molecule has 0 aliphatic carbocycles. The van der Waals surface area contributed by atoms with Gasteiger partial charge < -0.3 is 21.1 Å². The summed E-state index contributed by atoms with van der Waals surface area (Å²) in [6, 6.07) is 23.0. The highest BCUT2D eigenvalue weighted by molar-refractivity contribution is 5.77. The summed E-state index contributed by atoms with van der Waals surface area (Å²) in [5, 5.41) is 20.9. The number of fused-ring (bicyclic) bond motifs is 3. The SMILES string of the molecule is C[C@H](Nc1ncc2ccc(=O)n(CC(C)(C)C)c2n1)c1ccc(C=O)c(F)c1.C[C@H](Nc1ncc2ccc(=O)n(CC(C)(C)C)c2n1)c1ccc(CN2CCC(F)(F)CC2)c(F)c1.C[C@H](Nc1ncc2ccc(=O)n(CC(C)(C)C)c2n1)c1ccc(CO)c(F)c1. The third-order valence-corrected chi connectivity index (χ3v) is 15.1. The van der Waals surface area contributed by atoms with Crippen LogP contribution in [0.2, 0.25) is 0 Å². The van der Waals surface area contributed by atoms with E-state index in [1.165, 1.54) is 42.5 Å². The zero-order valence-corrected chi connectivity index (χ0v) is 53.5. The number of nitrogens with zero attached hydrogens (tertiary/aromatic N) is 10. The Morgan fingerprint density at radius 3 is 1.18 bits per heavy atom. The number of anilines is 3. The second kappa shape index (κ2) is 28.1. The minimum atomic E-state index is -2.62. The third kappa shape index (κ3) is 18.2. The van der Waals surface area contributed by atoms with E-state index in [1.54, 1.807) is 74.8 Å². The normalized spacial score (nSPS) is 14.6. The Morgan fingerprint density at radius 2 is 0.857 bits per heavy atom. The van der Waals surface area contributed by atoms with Gasteiger partial charge in [0.25, 0.3) is 22.6 Å². The second-order valence-corrected chi connectivity index (χ2v) is 26.9. The molecule has 1 aliphatic rings. The van der Waals surface area contributed by atoms with Crippen LogP contribution < -0.4 is 32.6 Å². The fourth-order valence-electron chi connectivity index (χ4n) is 10.2. The van der Waals surface area contributed by atoms with Crippen LogP contribution in [-0.2, 0) is 32.8 Å². The number of hydrogen-bond acceptors (Lipinski definition) is 15. The van der Waals surface area contributed by atoms with Gasteiger partial charge in [0.2, 0.25) is 17.8 Å². The minimum absolute atomic E-state index is 0.0177. The third-order valence-electron chi connectivity index (χ3n) is 15.1. The number of alkyl halides is 2. The molecule has 0 radical (unpaired) electrons. The minimum Gasteiger partial charge on any atom is -0.392 e. The maximum absolute atomic E-state index is 14.8. The maximum atomic E-state index is 14.8. The summed E-state index contributed by atoms with van der Waals surface area (Å²) in [4.78, 5) is 76.6. The number of carbonyl (C=O) groups excluding carboxylic acids is 1. The molecule has 3 atom stereocenters. The summed E-state index contributed by atoms with van der Waals surface area (Å²) >= 11 is 0. The van der Waals surface area contributed by atoms with E-state index < -0.39 is 17.6 Å². The smallest absolute Gasteiger partial charge is 0.252 e. The van der Waals surface area contributed by atoms with Gasteiger partial charge in [0, 0.05) is 116 Å². The average molecular weight is 1250 g/mol. The molecule has 10 rings (SSSR count). The highest BCUT2D eigenvalue weighted by Crippen LogP contribution is 2.31. The van der Waals surface area contributed by atoms with Crippen LogP contribution in [0.25, 0.3) is 33.1 Å². The monoisotopic (exact) mass is 1250 g/mol. The van der Waals surface area contributed by atoms with E-state index in [2.05, 4.69) is 108 Å². The molecule has 0 unspecified atom stereocenters. The number of likely N-dealkylation sites (tertiary alicyclic amines) is 1. The van der Waals surface area contributed by atoms with Crippen molar-refractivity contribution in [2.45, 2.75) is 153 Å². The van der Waals surface area contributed by atoms with Gasteiger partial charge in [-0.3, -0.25) is 37.8 Å². The topological polar surface area (TPSA) is 220 Å². The number of hydrogen-bond donors (Lipinski definition) is 4. The highest BCUT2D eigenvalue weighted by atomic mass is 19.3. The van der Waals surface area contributed by atoms with Crippen LogP contribution in [0.4, 0.5) is 39.8 Å². The number of rotatable bonds is 16. The van der Waals surface area contributed by atoms with Gasteiger partial charge in [-0.05, 0) is 96.2 Å². The predicted molar refractivity (Wildman–Crippen MR) is 346 cm³/mol. The lowest BCUT2D eigenvalue weighted by Gasteiger charge is -2.31. The number of pyridine rings is 3. The molecule has 1 fully saturated rings. The number of piperidine rings is 1. The van der Waals surface area contributed by atoms with Crippen molar-refractivity contribution in [2.24, 2.45) is 16.2 Å². The van der Waals surface area contributed by atoms with Gasteiger partial charge in [-0.15, -0.1) is 0 Å². The zero-order chi connectivity index (χ0) is 66.3.